The Morgan fingerprint density at radius 3 is 2.36 bits per heavy atom. The molecule has 5 nitrogen and oxygen atoms in total. The Kier molecular flexibility index (Phi) is 4.92. The number of carbonyl (C=O) groups is 1. The minimum absolute atomic E-state index is 0.264. The van der Waals surface area contributed by atoms with Crippen LogP contribution in [0.25, 0.3) is 0 Å². The monoisotopic (exact) mass is 318 g/mol. The molecule has 0 unspecified atom stereocenters. The molecule has 0 fully saturated rings. The van der Waals surface area contributed by atoms with Crippen molar-refractivity contribution in [1.82, 2.24) is 10.3 Å². The van der Waals surface area contributed by atoms with Crippen LogP contribution < -0.4 is 5.32 Å². The number of pyridine rings is 1. The number of sulfone groups is 1. The average Bonchev–Trinajstić information content (AvgIpc) is 2.53. The summed E-state index contributed by atoms with van der Waals surface area (Å²) >= 11 is 0. The van der Waals surface area contributed by atoms with E-state index in [1.807, 2.05) is 0 Å². The highest BCUT2D eigenvalue weighted by molar-refractivity contribution is 7.92. The molecular formula is C16H18N2O3S. The molecule has 1 amide bonds. The predicted molar refractivity (Wildman–Crippen MR) is 84.2 cm³/mol. The molecule has 2 rings (SSSR count). The van der Waals surface area contributed by atoms with E-state index in [1.165, 1.54) is 0 Å². The molecule has 0 saturated heterocycles. The lowest BCUT2D eigenvalue weighted by Crippen LogP contribution is -2.23. The molecule has 0 radical (unpaired) electrons. The Bertz CT molecular complexity index is 739. The summed E-state index contributed by atoms with van der Waals surface area (Å²) in [6, 6.07) is 11.7. The maximum absolute atomic E-state index is 12.0. The highest BCUT2D eigenvalue weighted by Crippen LogP contribution is 2.16. The third kappa shape index (κ3) is 3.71. The van der Waals surface area contributed by atoms with E-state index in [4.69, 9.17) is 0 Å². The van der Waals surface area contributed by atoms with Gasteiger partial charge < -0.3 is 5.32 Å². The molecular weight excluding hydrogens is 300 g/mol. The number of amides is 1. The fraction of sp³-hybridized carbons (Fsp3) is 0.250. The van der Waals surface area contributed by atoms with Crippen molar-refractivity contribution in [2.24, 2.45) is 0 Å². The molecule has 0 aliphatic carbocycles. The summed E-state index contributed by atoms with van der Waals surface area (Å²) in [5.74, 6) is -0.264. The Balaban J connectivity index is 2.02. The first-order valence-electron chi connectivity index (χ1n) is 6.93. The summed E-state index contributed by atoms with van der Waals surface area (Å²) in [5, 5.41) is 2.29. The van der Waals surface area contributed by atoms with E-state index >= 15 is 0 Å². The van der Waals surface area contributed by atoms with Gasteiger partial charge in [-0.3, -0.25) is 9.78 Å². The molecule has 22 heavy (non-hydrogen) atoms. The molecule has 1 N–H and O–H groups in total. The summed E-state index contributed by atoms with van der Waals surface area (Å²) in [7, 11) is -3.27. The van der Waals surface area contributed by atoms with Gasteiger partial charge in [-0.15, -0.1) is 0 Å². The topological polar surface area (TPSA) is 76.1 Å². The van der Waals surface area contributed by atoms with Gasteiger partial charge in [-0.05, 0) is 43.7 Å². The van der Waals surface area contributed by atoms with Crippen LogP contribution in [-0.2, 0) is 16.4 Å². The van der Waals surface area contributed by atoms with Crippen molar-refractivity contribution in [2.45, 2.75) is 30.5 Å². The summed E-state index contributed by atoms with van der Waals surface area (Å²) in [5.41, 5.74) is 1.17. The minimum atomic E-state index is -3.27. The number of benzene rings is 1. The number of hydrogen-bond acceptors (Lipinski definition) is 4. The van der Waals surface area contributed by atoms with Crippen LogP contribution in [0.2, 0.25) is 0 Å². The molecule has 0 atom stereocenters. The van der Waals surface area contributed by atoms with Crippen molar-refractivity contribution in [3.63, 3.8) is 0 Å². The van der Waals surface area contributed by atoms with E-state index in [-0.39, 0.29) is 5.91 Å². The lowest BCUT2D eigenvalue weighted by molar-refractivity contribution is 0.0946. The normalized spacial score (nSPS) is 11.4. The minimum Gasteiger partial charge on any atom is -0.347 e. The van der Waals surface area contributed by atoms with E-state index in [0.29, 0.717) is 17.1 Å². The second-order valence-electron chi connectivity index (χ2n) is 5.14. The SMILES string of the molecule is CC(C)S(=O)(=O)c1ccc(CNC(=O)c2ccccn2)cc1. The Labute approximate surface area is 130 Å². The lowest BCUT2D eigenvalue weighted by Gasteiger charge is -2.09. The zero-order valence-corrected chi connectivity index (χ0v) is 13.3. The highest BCUT2D eigenvalue weighted by Gasteiger charge is 2.18. The Morgan fingerprint density at radius 1 is 1.14 bits per heavy atom. The first-order valence-corrected chi connectivity index (χ1v) is 8.48. The number of rotatable bonds is 5. The molecule has 0 spiro atoms. The van der Waals surface area contributed by atoms with E-state index in [2.05, 4.69) is 10.3 Å². The van der Waals surface area contributed by atoms with Gasteiger partial charge in [-0.1, -0.05) is 18.2 Å². The maximum atomic E-state index is 12.0. The van der Waals surface area contributed by atoms with E-state index in [0.717, 1.165) is 5.56 Å². The van der Waals surface area contributed by atoms with Gasteiger partial charge in [0.2, 0.25) is 0 Å². The lowest BCUT2D eigenvalue weighted by atomic mass is 10.2. The van der Waals surface area contributed by atoms with Crippen LogP contribution in [0, 0.1) is 0 Å². The molecule has 116 valence electrons. The van der Waals surface area contributed by atoms with Gasteiger partial charge in [0, 0.05) is 12.7 Å². The van der Waals surface area contributed by atoms with Gasteiger partial charge in [-0.2, -0.15) is 0 Å². The Morgan fingerprint density at radius 2 is 1.82 bits per heavy atom. The van der Waals surface area contributed by atoms with Gasteiger partial charge >= 0.3 is 0 Å². The van der Waals surface area contributed by atoms with Crippen LogP contribution in [0.5, 0.6) is 0 Å². The molecule has 0 aliphatic heterocycles. The van der Waals surface area contributed by atoms with Crippen molar-refractivity contribution < 1.29 is 13.2 Å². The zero-order valence-electron chi connectivity index (χ0n) is 12.5. The first-order chi connectivity index (χ1) is 10.4. The van der Waals surface area contributed by atoms with Gasteiger partial charge in [0.15, 0.2) is 9.84 Å². The van der Waals surface area contributed by atoms with Crippen LogP contribution >= 0.6 is 0 Å². The molecule has 0 saturated carbocycles. The fourth-order valence-corrected chi connectivity index (χ4v) is 2.90. The van der Waals surface area contributed by atoms with Gasteiger partial charge in [-0.25, -0.2) is 8.42 Å². The maximum Gasteiger partial charge on any atom is 0.270 e. The molecule has 6 heteroatoms. The van der Waals surface area contributed by atoms with Crippen LogP contribution in [0.4, 0.5) is 0 Å². The van der Waals surface area contributed by atoms with E-state index < -0.39 is 15.1 Å². The van der Waals surface area contributed by atoms with Crippen LogP contribution in [0.15, 0.2) is 53.6 Å². The van der Waals surface area contributed by atoms with Gasteiger partial charge in [0.1, 0.15) is 5.69 Å². The standard InChI is InChI=1S/C16H18N2O3S/c1-12(2)22(20,21)14-8-6-13(7-9-14)11-18-16(19)15-5-3-4-10-17-15/h3-10,12H,11H2,1-2H3,(H,18,19). The summed E-state index contributed by atoms with van der Waals surface area (Å²) in [6.45, 7) is 3.62. The molecule has 2 aromatic rings. The smallest absolute Gasteiger partial charge is 0.270 e. The third-order valence-electron chi connectivity index (χ3n) is 3.22. The average molecular weight is 318 g/mol. The largest absolute Gasteiger partial charge is 0.347 e. The summed E-state index contributed by atoms with van der Waals surface area (Å²) in [4.78, 5) is 16.1. The molecule has 1 heterocycles. The summed E-state index contributed by atoms with van der Waals surface area (Å²) < 4.78 is 24.0. The Hall–Kier alpha value is -2.21. The quantitative estimate of drug-likeness (QED) is 0.917. The number of hydrogen-bond donors (Lipinski definition) is 1. The highest BCUT2D eigenvalue weighted by atomic mass is 32.2. The van der Waals surface area contributed by atoms with Crippen molar-refractivity contribution in [3.05, 3.63) is 59.9 Å². The first kappa shape index (κ1) is 16.2. The number of aromatic nitrogens is 1. The van der Waals surface area contributed by atoms with Crippen molar-refractivity contribution >= 4 is 15.7 Å². The third-order valence-corrected chi connectivity index (χ3v) is 5.39. The second kappa shape index (κ2) is 6.70. The number of carbonyl (C=O) groups excluding carboxylic acids is 1. The van der Waals surface area contributed by atoms with Crippen molar-refractivity contribution in [3.8, 4) is 0 Å². The number of nitrogens with zero attached hydrogens (tertiary/aromatic N) is 1. The number of nitrogens with one attached hydrogen (secondary N) is 1. The van der Waals surface area contributed by atoms with Gasteiger partial charge in [0.05, 0.1) is 10.1 Å². The van der Waals surface area contributed by atoms with E-state index in [1.54, 1.807) is 62.5 Å². The van der Waals surface area contributed by atoms with E-state index in [9.17, 15) is 13.2 Å². The van der Waals surface area contributed by atoms with Crippen LogP contribution in [0.3, 0.4) is 0 Å². The van der Waals surface area contributed by atoms with Crippen molar-refractivity contribution in [1.29, 1.82) is 0 Å². The van der Waals surface area contributed by atoms with Crippen LogP contribution in [0.1, 0.15) is 29.9 Å². The molecule has 1 aromatic carbocycles. The fourth-order valence-electron chi connectivity index (χ4n) is 1.84. The second-order valence-corrected chi connectivity index (χ2v) is 7.64. The molecule has 0 bridgehead atoms. The van der Waals surface area contributed by atoms with Gasteiger partial charge in [0.25, 0.3) is 5.91 Å². The van der Waals surface area contributed by atoms with Crippen molar-refractivity contribution in [2.75, 3.05) is 0 Å². The van der Waals surface area contributed by atoms with Crippen LogP contribution in [-0.4, -0.2) is 24.6 Å². The summed E-state index contributed by atoms with van der Waals surface area (Å²) in [6.07, 6.45) is 1.56. The molecule has 0 aliphatic rings. The molecule has 1 aromatic heterocycles. The predicted octanol–water partition coefficient (Wildman–Crippen LogP) is 2.19. The zero-order chi connectivity index (χ0) is 16.2.